The van der Waals surface area contributed by atoms with Crippen molar-refractivity contribution in [3.8, 4) is 11.5 Å². The van der Waals surface area contributed by atoms with Gasteiger partial charge in [0.25, 0.3) is 0 Å². The summed E-state index contributed by atoms with van der Waals surface area (Å²) < 4.78 is 34.5. The van der Waals surface area contributed by atoms with E-state index in [1.54, 1.807) is 0 Å². The molecule has 1 amide bonds. The number of carbonyl (C=O) groups is 1. The van der Waals surface area contributed by atoms with Gasteiger partial charge in [0.05, 0.1) is 0 Å². The Labute approximate surface area is 132 Å². The van der Waals surface area contributed by atoms with E-state index in [4.69, 9.17) is 0 Å². The Morgan fingerprint density at radius 2 is 1.78 bits per heavy atom. The molecule has 3 rings (SSSR count). The van der Waals surface area contributed by atoms with Crippen LogP contribution in [0.25, 0.3) is 0 Å². The van der Waals surface area contributed by atoms with Crippen molar-refractivity contribution < 1.29 is 23.0 Å². The Kier molecular flexibility index (Phi) is 3.90. The summed E-state index contributed by atoms with van der Waals surface area (Å²) in [5.74, 6) is -0.338. The second kappa shape index (κ2) is 5.87. The Hall–Kier alpha value is -2.63. The van der Waals surface area contributed by atoms with Crippen molar-refractivity contribution in [1.29, 1.82) is 0 Å². The first kappa shape index (κ1) is 15.3. The van der Waals surface area contributed by atoms with Crippen molar-refractivity contribution in [3.05, 3.63) is 53.6 Å². The van der Waals surface area contributed by atoms with Gasteiger partial charge in [-0.25, -0.2) is 0 Å². The number of ether oxygens (including phenoxy) is 2. The van der Waals surface area contributed by atoms with Crippen molar-refractivity contribution in [3.63, 3.8) is 0 Å². The fourth-order valence-electron chi connectivity index (χ4n) is 2.26. The molecule has 2 aromatic carbocycles. The highest BCUT2D eigenvalue weighted by Gasteiger charge is 2.43. The summed E-state index contributed by atoms with van der Waals surface area (Å²) in [5, 5.41) is 2.66. The van der Waals surface area contributed by atoms with Gasteiger partial charge in [-0.2, -0.15) is 0 Å². The number of anilines is 1. The molecule has 0 saturated carbocycles. The van der Waals surface area contributed by atoms with E-state index in [1.807, 2.05) is 31.2 Å². The minimum atomic E-state index is -3.66. The number of amides is 1. The molecule has 0 radical (unpaired) electrons. The lowest BCUT2D eigenvalue weighted by Crippen LogP contribution is -2.25. The van der Waals surface area contributed by atoms with Gasteiger partial charge < -0.3 is 14.8 Å². The lowest BCUT2D eigenvalue weighted by Gasteiger charge is -2.06. The number of carbonyl (C=O) groups excluding carboxylic acids is 1. The number of hydrogen-bond donors (Lipinski definition) is 1. The van der Waals surface area contributed by atoms with E-state index >= 15 is 0 Å². The Morgan fingerprint density at radius 3 is 2.52 bits per heavy atom. The van der Waals surface area contributed by atoms with Crippen LogP contribution < -0.4 is 14.8 Å². The van der Waals surface area contributed by atoms with Gasteiger partial charge in [-0.1, -0.05) is 29.8 Å². The molecule has 2 aromatic rings. The summed E-state index contributed by atoms with van der Waals surface area (Å²) >= 11 is 0. The molecule has 0 aliphatic carbocycles. The lowest BCUT2D eigenvalue weighted by atomic mass is 10.1. The molecule has 0 bridgehead atoms. The Bertz CT molecular complexity index is 729. The Morgan fingerprint density at radius 1 is 1.09 bits per heavy atom. The van der Waals surface area contributed by atoms with Gasteiger partial charge in [0.15, 0.2) is 11.5 Å². The molecular weight excluding hydrogens is 304 g/mol. The lowest BCUT2D eigenvalue weighted by molar-refractivity contribution is -0.286. The van der Waals surface area contributed by atoms with Gasteiger partial charge in [0.1, 0.15) is 0 Å². The summed E-state index contributed by atoms with van der Waals surface area (Å²) in [6.07, 6.45) is -2.75. The minimum absolute atomic E-state index is 0.0485. The second-order valence-electron chi connectivity index (χ2n) is 5.36. The van der Waals surface area contributed by atoms with E-state index in [0.29, 0.717) is 18.5 Å². The standard InChI is InChI=1S/C17H15F2NO3/c1-11-2-4-12(5-3-11)6-9-16(21)20-13-7-8-14-15(10-13)23-17(18,19)22-14/h2-5,7-8,10H,6,9H2,1H3,(H,20,21). The van der Waals surface area contributed by atoms with Crippen molar-refractivity contribution in [2.75, 3.05) is 5.32 Å². The number of nitrogens with one attached hydrogen (secondary N) is 1. The summed E-state index contributed by atoms with van der Waals surface area (Å²) in [7, 11) is 0. The average Bonchev–Trinajstić information content (AvgIpc) is 2.80. The topological polar surface area (TPSA) is 47.6 Å². The molecule has 0 saturated heterocycles. The van der Waals surface area contributed by atoms with Crippen LogP contribution in [0.4, 0.5) is 14.5 Å². The van der Waals surface area contributed by atoms with E-state index in [9.17, 15) is 13.6 Å². The van der Waals surface area contributed by atoms with Crippen LogP contribution in [-0.4, -0.2) is 12.2 Å². The van der Waals surface area contributed by atoms with Gasteiger partial charge in [0.2, 0.25) is 5.91 Å². The molecule has 1 heterocycles. The SMILES string of the molecule is Cc1ccc(CCC(=O)Nc2ccc3c(c2)OC(F)(F)O3)cc1. The third kappa shape index (κ3) is 3.77. The largest absolute Gasteiger partial charge is 0.586 e. The third-order valence-electron chi connectivity index (χ3n) is 3.45. The van der Waals surface area contributed by atoms with Crippen LogP contribution in [-0.2, 0) is 11.2 Å². The van der Waals surface area contributed by atoms with Gasteiger partial charge >= 0.3 is 6.29 Å². The number of halogens is 2. The zero-order valence-electron chi connectivity index (χ0n) is 12.4. The fraction of sp³-hybridized carbons (Fsp3) is 0.235. The molecule has 0 fully saturated rings. The highest BCUT2D eigenvalue weighted by molar-refractivity contribution is 5.91. The summed E-state index contributed by atoms with van der Waals surface area (Å²) in [4.78, 5) is 11.9. The average molecular weight is 319 g/mol. The number of hydrogen-bond acceptors (Lipinski definition) is 3. The van der Waals surface area contributed by atoms with E-state index < -0.39 is 6.29 Å². The van der Waals surface area contributed by atoms with Crippen LogP contribution in [0.5, 0.6) is 11.5 Å². The predicted octanol–water partition coefficient (Wildman–Crippen LogP) is 3.89. The first-order chi connectivity index (χ1) is 10.9. The fourth-order valence-corrected chi connectivity index (χ4v) is 2.26. The number of alkyl halides is 2. The molecular formula is C17H15F2NO3. The van der Waals surface area contributed by atoms with Crippen molar-refractivity contribution >= 4 is 11.6 Å². The van der Waals surface area contributed by atoms with Crippen molar-refractivity contribution in [2.24, 2.45) is 0 Å². The smallest absolute Gasteiger partial charge is 0.395 e. The van der Waals surface area contributed by atoms with Crippen LogP contribution >= 0.6 is 0 Å². The highest BCUT2D eigenvalue weighted by atomic mass is 19.3. The molecule has 1 N–H and O–H groups in total. The van der Waals surface area contributed by atoms with Crippen LogP contribution in [0.1, 0.15) is 17.5 Å². The molecule has 1 aliphatic rings. The van der Waals surface area contributed by atoms with Gasteiger partial charge in [0, 0.05) is 18.2 Å². The quantitative estimate of drug-likeness (QED) is 0.930. The molecule has 1 aliphatic heterocycles. The van der Waals surface area contributed by atoms with Crippen molar-refractivity contribution in [2.45, 2.75) is 26.1 Å². The molecule has 120 valence electrons. The molecule has 0 aromatic heterocycles. The molecule has 0 unspecified atom stereocenters. The van der Waals surface area contributed by atoms with Crippen LogP contribution in [0, 0.1) is 6.92 Å². The van der Waals surface area contributed by atoms with Crippen LogP contribution in [0.2, 0.25) is 0 Å². The maximum atomic E-state index is 12.9. The Balaban J connectivity index is 1.57. The van der Waals surface area contributed by atoms with Gasteiger partial charge in [-0.05, 0) is 31.0 Å². The highest BCUT2D eigenvalue weighted by Crippen LogP contribution is 2.42. The maximum Gasteiger partial charge on any atom is 0.586 e. The van der Waals surface area contributed by atoms with E-state index in [-0.39, 0.29) is 17.4 Å². The number of benzene rings is 2. The normalized spacial score (nSPS) is 14.6. The maximum absolute atomic E-state index is 12.9. The monoisotopic (exact) mass is 319 g/mol. The summed E-state index contributed by atoms with van der Waals surface area (Å²) in [6.45, 7) is 2.00. The number of aryl methyl sites for hydroxylation is 2. The first-order valence-corrected chi connectivity index (χ1v) is 7.17. The molecule has 0 spiro atoms. The van der Waals surface area contributed by atoms with Crippen molar-refractivity contribution in [1.82, 2.24) is 0 Å². The van der Waals surface area contributed by atoms with Crippen LogP contribution in [0.3, 0.4) is 0 Å². The van der Waals surface area contributed by atoms with Crippen LogP contribution in [0.15, 0.2) is 42.5 Å². The molecule has 6 heteroatoms. The number of fused-ring (bicyclic) bond motifs is 1. The second-order valence-corrected chi connectivity index (χ2v) is 5.36. The molecule has 4 nitrogen and oxygen atoms in total. The zero-order chi connectivity index (χ0) is 16.4. The third-order valence-corrected chi connectivity index (χ3v) is 3.45. The number of rotatable bonds is 4. The summed E-state index contributed by atoms with van der Waals surface area (Å²) in [5.41, 5.74) is 2.62. The van der Waals surface area contributed by atoms with Gasteiger partial charge in [-0.3, -0.25) is 4.79 Å². The first-order valence-electron chi connectivity index (χ1n) is 7.17. The molecule has 0 atom stereocenters. The predicted molar refractivity (Wildman–Crippen MR) is 80.8 cm³/mol. The zero-order valence-corrected chi connectivity index (χ0v) is 12.4. The van der Waals surface area contributed by atoms with E-state index in [1.165, 1.54) is 18.2 Å². The minimum Gasteiger partial charge on any atom is -0.395 e. The van der Waals surface area contributed by atoms with E-state index in [0.717, 1.165) is 11.1 Å². The van der Waals surface area contributed by atoms with Gasteiger partial charge in [-0.15, -0.1) is 8.78 Å². The molecule has 23 heavy (non-hydrogen) atoms. The summed E-state index contributed by atoms with van der Waals surface area (Å²) in [6, 6.07) is 12.1. The van der Waals surface area contributed by atoms with E-state index in [2.05, 4.69) is 14.8 Å².